The Bertz CT molecular complexity index is 455. The average Bonchev–Trinajstić information content (AvgIpc) is 2.39. The zero-order valence-electron chi connectivity index (χ0n) is 11.5. The summed E-state index contributed by atoms with van der Waals surface area (Å²) in [4.78, 5) is 14.2. The molecule has 2 rings (SSSR count). The van der Waals surface area contributed by atoms with Crippen LogP contribution in [0.25, 0.3) is 0 Å². The van der Waals surface area contributed by atoms with Gasteiger partial charge in [-0.1, -0.05) is 30.7 Å². The highest BCUT2D eigenvalue weighted by Gasteiger charge is 2.30. The number of carbonyl (C=O) groups is 1. The molecule has 1 amide bonds. The molecule has 0 radical (unpaired) electrons. The van der Waals surface area contributed by atoms with Gasteiger partial charge in [0.05, 0.1) is 10.6 Å². The molecule has 0 atom stereocenters. The molecule has 1 aliphatic rings. The SMILES string of the molecule is CN(CC1(C)CCOCC1)C(=O)c1ccccc1Cl. The smallest absolute Gasteiger partial charge is 0.255 e. The molecule has 1 aromatic rings. The van der Waals surface area contributed by atoms with Crippen molar-refractivity contribution in [1.29, 1.82) is 0 Å². The van der Waals surface area contributed by atoms with Crippen molar-refractivity contribution in [3.05, 3.63) is 34.9 Å². The van der Waals surface area contributed by atoms with E-state index in [1.165, 1.54) is 0 Å². The van der Waals surface area contributed by atoms with Gasteiger partial charge in [0.15, 0.2) is 0 Å². The molecule has 4 heteroatoms. The molecule has 19 heavy (non-hydrogen) atoms. The minimum Gasteiger partial charge on any atom is -0.381 e. The van der Waals surface area contributed by atoms with Gasteiger partial charge in [0.1, 0.15) is 0 Å². The molecule has 104 valence electrons. The van der Waals surface area contributed by atoms with Gasteiger partial charge in [-0.2, -0.15) is 0 Å². The minimum atomic E-state index is -0.0154. The highest BCUT2D eigenvalue weighted by Crippen LogP contribution is 2.31. The van der Waals surface area contributed by atoms with Crippen molar-refractivity contribution in [2.24, 2.45) is 5.41 Å². The number of halogens is 1. The van der Waals surface area contributed by atoms with Crippen LogP contribution in [0, 0.1) is 5.41 Å². The van der Waals surface area contributed by atoms with E-state index in [4.69, 9.17) is 16.3 Å². The highest BCUT2D eigenvalue weighted by molar-refractivity contribution is 6.33. The lowest BCUT2D eigenvalue weighted by Crippen LogP contribution is -2.40. The van der Waals surface area contributed by atoms with E-state index in [2.05, 4.69) is 6.92 Å². The molecule has 0 aromatic heterocycles. The van der Waals surface area contributed by atoms with Crippen LogP contribution in [0.15, 0.2) is 24.3 Å². The third-order valence-electron chi connectivity index (χ3n) is 3.77. The van der Waals surface area contributed by atoms with Crippen LogP contribution in [0.1, 0.15) is 30.1 Å². The first-order valence-electron chi connectivity index (χ1n) is 6.60. The second-order valence-electron chi connectivity index (χ2n) is 5.56. The first kappa shape index (κ1) is 14.4. The van der Waals surface area contributed by atoms with E-state index in [9.17, 15) is 4.79 Å². The summed E-state index contributed by atoms with van der Waals surface area (Å²) in [5, 5.41) is 0.511. The van der Waals surface area contributed by atoms with Crippen molar-refractivity contribution in [3.63, 3.8) is 0 Å². The third-order valence-corrected chi connectivity index (χ3v) is 4.10. The van der Waals surface area contributed by atoms with E-state index >= 15 is 0 Å². The van der Waals surface area contributed by atoms with Crippen molar-refractivity contribution in [3.8, 4) is 0 Å². The summed E-state index contributed by atoms with van der Waals surface area (Å²) in [7, 11) is 1.84. The number of benzene rings is 1. The molecule has 0 aliphatic carbocycles. The Morgan fingerprint density at radius 1 is 1.37 bits per heavy atom. The van der Waals surface area contributed by atoms with E-state index < -0.39 is 0 Å². The lowest BCUT2D eigenvalue weighted by Gasteiger charge is -2.36. The van der Waals surface area contributed by atoms with Gasteiger partial charge >= 0.3 is 0 Å². The monoisotopic (exact) mass is 281 g/mol. The Morgan fingerprint density at radius 2 is 2.00 bits per heavy atom. The number of carbonyl (C=O) groups excluding carboxylic acids is 1. The van der Waals surface area contributed by atoms with Gasteiger partial charge in [-0.05, 0) is 30.4 Å². The van der Waals surface area contributed by atoms with Gasteiger partial charge in [-0.3, -0.25) is 4.79 Å². The number of ether oxygens (including phenoxy) is 1. The zero-order valence-corrected chi connectivity index (χ0v) is 12.2. The van der Waals surface area contributed by atoms with Crippen LogP contribution in [-0.2, 0) is 4.74 Å². The van der Waals surface area contributed by atoms with Gasteiger partial charge in [0, 0.05) is 26.8 Å². The normalized spacial score (nSPS) is 18.1. The third kappa shape index (κ3) is 3.48. The molecule has 0 saturated carbocycles. The Kier molecular flexibility index (Phi) is 4.48. The predicted molar refractivity (Wildman–Crippen MR) is 76.6 cm³/mol. The minimum absolute atomic E-state index is 0.0154. The summed E-state index contributed by atoms with van der Waals surface area (Å²) >= 11 is 6.07. The quantitative estimate of drug-likeness (QED) is 0.851. The molecule has 1 heterocycles. The number of hydrogen-bond acceptors (Lipinski definition) is 2. The maximum absolute atomic E-state index is 12.4. The Hall–Kier alpha value is -1.06. The fourth-order valence-corrected chi connectivity index (χ4v) is 2.72. The maximum Gasteiger partial charge on any atom is 0.255 e. The topological polar surface area (TPSA) is 29.5 Å². The van der Waals surface area contributed by atoms with Gasteiger partial charge in [0.2, 0.25) is 0 Å². The van der Waals surface area contributed by atoms with Crippen LogP contribution >= 0.6 is 11.6 Å². The van der Waals surface area contributed by atoms with Gasteiger partial charge in [-0.25, -0.2) is 0 Å². The molecular formula is C15H20ClNO2. The van der Waals surface area contributed by atoms with Crippen LogP contribution < -0.4 is 0 Å². The Morgan fingerprint density at radius 3 is 2.63 bits per heavy atom. The molecular weight excluding hydrogens is 262 g/mol. The van der Waals surface area contributed by atoms with Crippen LogP contribution in [0.2, 0.25) is 5.02 Å². The molecule has 0 N–H and O–H groups in total. The van der Waals surface area contributed by atoms with Crippen molar-refractivity contribution in [2.75, 3.05) is 26.8 Å². The summed E-state index contributed by atoms with van der Waals surface area (Å²) in [6.07, 6.45) is 1.99. The number of nitrogens with zero attached hydrogens (tertiary/aromatic N) is 1. The lowest BCUT2D eigenvalue weighted by atomic mass is 9.82. The van der Waals surface area contributed by atoms with E-state index in [0.29, 0.717) is 10.6 Å². The second kappa shape index (κ2) is 5.93. The van der Waals surface area contributed by atoms with Crippen LogP contribution in [-0.4, -0.2) is 37.6 Å². The maximum atomic E-state index is 12.4. The second-order valence-corrected chi connectivity index (χ2v) is 5.97. The van der Waals surface area contributed by atoms with E-state index in [-0.39, 0.29) is 11.3 Å². The zero-order chi connectivity index (χ0) is 13.9. The van der Waals surface area contributed by atoms with Crippen molar-refractivity contribution in [1.82, 2.24) is 4.90 Å². The number of hydrogen-bond donors (Lipinski definition) is 0. The molecule has 1 saturated heterocycles. The summed E-state index contributed by atoms with van der Waals surface area (Å²) < 4.78 is 5.39. The molecule has 1 aromatic carbocycles. The van der Waals surface area contributed by atoms with Gasteiger partial charge in [0.25, 0.3) is 5.91 Å². The van der Waals surface area contributed by atoms with E-state index in [1.807, 2.05) is 19.2 Å². The largest absolute Gasteiger partial charge is 0.381 e. The van der Waals surface area contributed by atoms with Crippen LogP contribution in [0.4, 0.5) is 0 Å². The Balaban J connectivity index is 2.05. The summed E-state index contributed by atoms with van der Waals surface area (Å²) in [5.41, 5.74) is 0.714. The highest BCUT2D eigenvalue weighted by atomic mass is 35.5. The number of rotatable bonds is 3. The van der Waals surface area contributed by atoms with Crippen molar-refractivity contribution < 1.29 is 9.53 Å². The fourth-order valence-electron chi connectivity index (χ4n) is 2.51. The molecule has 3 nitrogen and oxygen atoms in total. The van der Waals surface area contributed by atoms with Gasteiger partial charge < -0.3 is 9.64 Å². The summed E-state index contributed by atoms with van der Waals surface area (Å²) in [5.74, 6) is -0.0154. The summed E-state index contributed by atoms with van der Waals surface area (Å²) in [6.45, 7) is 4.52. The number of amides is 1. The van der Waals surface area contributed by atoms with Crippen LogP contribution in [0.3, 0.4) is 0 Å². The summed E-state index contributed by atoms with van der Waals surface area (Å²) in [6, 6.07) is 7.19. The average molecular weight is 282 g/mol. The van der Waals surface area contributed by atoms with Crippen molar-refractivity contribution >= 4 is 17.5 Å². The molecule has 0 unspecified atom stereocenters. The van der Waals surface area contributed by atoms with E-state index in [0.717, 1.165) is 32.6 Å². The molecule has 0 bridgehead atoms. The first-order chi connectivity index (χ1) is 9.02. The first-order valence-corrected chi connectivity index (χ1v) is 6.97. The van der Waals surface area contributed by atoms with E-state index in [1.54, 1.807) is 17.0 Å². The molecule has 0 spiro atoms. The van der Waals surface area contributed by atoms with Crippen molar-refractivity contribution in [2.45, 2.75) is 19.8 Å². The Labute approximate surface area is 119 Å². The van der Waals surface area contributed by atoms with Crippen LogP contribution in [0.5, 0.6) is 0 Å². The molecule has 1 aliphatic heterocycles. The molecule has 1 fully saturated rings. The predicted octanol–water partition coefficient (Wildman–Crippen LogP) is 3.23. The fraction of sp³-hybridized carbons (Fsp3) is 0.533. The lowest BCUT2D eigenvalue weighted by molar-refractivity contribution is 0.00917. The standard InChI is InChI=1S/C15H20ClNO2/c1-15(7-9-19-10-8-15)11-17(2)14(18)12-5-3-4-6-13(12)16/h3-6H,7-11H2,1-2H3. The van der Waals surface area contributed by atoms with Gasteiger partial charge in [-0.15, -0.1) is 0 Å².